The van der Waals surface area contributed by atoms with Crippen molar-refractivity contribution in [1.82, 2.24) is 0 Å². The highest BCUT2D eigenvalue weighted by molar-refractivity contribution is 5.44. The van der Waals surface area contributed by atoms with E-state index in [4.69, 9.17) is 10.00 Å². The van der Waals surface area contributed by atoms with Crippen LogP contribution in [0.2, 0.25) is 0 Å². The Morgan fingerprint density at radius 3 is 2.62 bits per heavy atom. The van der Waals surface area contributed by atoms with Gasteiger partial charge >= 0.3 is 6.18 Å². The van der Waals surface area contributed by atoms with Crippen LogP contribution in [0, 0.1) is 23.2 Å². The van der Waals surface area contributed by atoms with Gasteiger partial charge in [-0.15, -0.1) is 0 Å². The summed E-state index contributed by atoms with van der Waals surface area (Å²) in [6, 6.07) is 4.91. The highest BCUT2D eigenvalue weighted by atomic mass is 19.4. The molecule has 5 heteroatoms. The van der Waals surface area contributed by atoms with Gasteiger partial charge in [0, 0.05) is 0 Å². The van der Waals surface area contributed by atoms with Gasteiger partial charge in [0.15, 0.2) is 0 Å². The van der Waals surface area contributed by atoms with E-state index in [0.29, 0.717) is 24.2 Å². The molecule has 0 fully saturated rings. The first-order valence-electron chi connectivity index (χ1n) is 6.81. The summed E-state index contributed by atoms with van der Waals surface area (Å²) in [5.74, 6) is 1.14. The predicted octanol–water partition coefficient (Wildman–Crippen LogP) is 4.56. The molecule has 0 saturated heterocycles. The van der Waals surface area contributed by atoms with Crippen LogP contribution < -0.4 is 4.74 Å². The molecule has 2 atom stereocenters. The van der Waals surface area contributed by atoms with Crippen LogP contribution in [0.5, 0.6) is 5.75 Å². The van der Waals surface area contributed by atoms with Crippen molar-refractivity contribution in [2.24, 2.45) is 11.8 Å². The first-order valence-corrected chi connectivity index (χ1v) is 6.81. The number of nitriles is 1. The molecule has 0 spiro atoms. The minimum Gasteiger partial charge on any atom is -0.493 e. The van der Waals surface area contributed by atoms with E-state index in [-0.39, 0.29) is 0 Å². The van der Waals surface area contributed by atoms with E-state index in [9.17, 15) is 13.2 Å². The number of alkyl halides is 3. The Morgan fingerprint density at radius 1 is 1.29 bits per heavy atom. The molecule has 112 valence electrons. The van der Waals surface area contributed by atoms with Crippen molar-refractivity contribution in [1.29, 1.82) is 5.26 Å². The molecule has 2 unspecified atom stereocenters. The van der Waals surface area contributed by atoms with Crippen molar-refractivity contribution < 1.29 is 17.9 Å². The first-order chi connectivity index (χ1) is 9.91. The number of hydrogen-bond donors (Lipinski definition) is 0. The molecule has 0 aromatic heterocycles. The van der Waals surface area contributed by atoms with Crippen molar-refractivity contribution in [2.45, 2.75) is 25.9 Å². The minimum absolute atomic E-state index is 0.307. The highest BCUT2D eigenvalue weighted by Crippen LogP contribution is 2.34. The molecule has 0 radical (unpaired) electrons. The summed E-state index contributed by atoms with van der Waals surface area (Å²) in [6.07, 6.45) is 1.61. The van der Waals surface area contributed by atoms with Gasteiger partial charge in [-0.1, -0.05) is 19.1 Å². The second kappa shape index (κ2) is 6.21. The smallest absolute Gasteiger partial charge is 0.417 e. The summed E-state index contributed by atoms with van der Waals surface area (Å²) in [5.41, 5.74) is -1.33. The van der Waals surface area contributed by atoms with Crippen LogP contribution in [0.4, 0.5) is 13.2 Å². The Labute approximate surface area is 121 Å². The lowest BCUT2D eigenvalue weighted by Crippen LogP contribution is -2.21. The average Bonchev–Trinajstić information content (AvgIpc) is 2.45. The Morgan fingerprint density at radius 2 is 2.00 bits per heavy atom. The molecule has 1 aliphatic carbocycles. The Hall–Kier alpha value is -1.96. The molecule has 2 rings (SSSR count). The van der Waals surface area contributed by atoms with Crippen molar-refractivity contribution in [3.05, 3.63) is 41.5 Å². The van der Waals surface area contributed by atoms with E-state index in [1.165, 1.54) is 6.07 Å². The van der Waals surface area contributed by atoms with E-state index in [1.807, 2.05) is 0 Å². The molecule has 0 N–H and O–H groups in total. The predicted molar refractivity (Wildman–Crippen MR) is 72.7 cm³/mol. The van der Waals surface area contributed by atoms with Gasteiger partial charge in [-0.25, -0.2) is 0 Å². The van der Waals surface area contributed by atoms with Gasteiger partial charge in [0.1, 0.15) is 5.75 Å². The second-order valence-electron chi connectivity index (χ2n) is 5.31. The fraction of sp³-hybridized carbons (Fsp3) is 0.438. The number of halogens is 3. The van der Waals surface area contributed by atoms with Crippen molar-refractivity contribution in [3.63, 3.8) is 0 Å². The van der Waals surface area contributed by atoms with Gasteiger partial charge in [0.2, 0.25) is 0 Å². The third-order valence-electron chi connectivity index (χ3n) is 3.80. The molecule has 0 heterocycles. The van der Waals surface area contributed by atoms with Crippen LogP contribution in [-0.2, 0) is 6.18 Å². The second-order valence-corrected chi connectivity index (χ2v) is 5.31. The number of rotatable bonds is 3. The van der Waals surface area contributed by atoms with Crippen molar-refractivity contribution in [3.8, 4) is 11.8 Å². The topological polar surface area (TPSA) is 33.0 Å². The fourth-order valence-corrected chi connectivity index (χ4v) is 2.40. The van der Waals surface area contributed by atoms with Gasteiger partial charge in [0.25, 0.3) is 0 Å². The zero-order valence-corrected chi connectivity index (χ0v) is 11.7. The molecule has 0 aliphatic heterocycles. The lowest BCUT2D eigenvalue weighted by atomic mass is 9.85. The van der Waals surface area contributed by atoms with Gasteiger partial charge in [0.05, 0.1) is 23.8 Å². The van der Waals surface area contributed by atoms with Crippen LogP contribution in [0.1, 0.15) is 30.9 Å². The van der Waals surface area contributed by atoms with E-state index in [1.54, 1.807) is 6.07 Å². The Bertz CT molecular complexity index is 572. The Kier molecular flexibility index (Phi) is 4.56. The normalized spacial score (nSPS) is 21.9. The number of nitrogens with zero attached hydrogens (tertiary/aromatic N) is 1. The number of ether oxygens (including phenoxy) is 1. The summed E-state index contributed by atoms with van der Waals surface area (Å²) in [4.78, 5) is 0. The molecule has 0 saturated carbocycles. The lowest BCUT2D eigenvalue weighted by molar-refractivity contribution is -0.137. The zero-order chi connectivity index (χ0) is 15.5. The fourth-order valence-electron chi connectivity index (χ4n) is 2.40. The first kappa shape index (κ1) is 15.4. The maximum atomic E-state index is 12.7. The zero-order valence-electron chi connectivity index (χ0n) is 11.7. The Balaban J connectivity index is 2.08. The van der Waals surface area contributed by atoms with Crippen molar-refractivity contribution >= 4 is 0 Å². The summed E-state index contributed by atoms with van der Waals surface area (Å²) in [5, 5.41) is 8.85. The lowest BCUT2D eigenvalue weighted by Gasteiger charge is -2.25. The molecule has 0 bridgehead atoms. The largest absolute Gasteiger partial charge is 0.493 e. The minimum atomic E-state index is -4.52. The van der Waals surface area contributed by atoms with Crippen LogP contribution in [0.3, 0.4) is 0 Å². The van der Waals surface area contributed by atoms with Crippen LogP contribution >= 0.6 is 0 Å². The molecular weight excluding hydrogens is 279 g/mol. The maximum absolute atomic E-state index is 12.7. The van der Waals surface area contributed by atoms with E-state index < -0.39 is 17.3 Å². The maximum Gasteiger partial charge on any atom is 0.417 e. The SMILES string of the molecule is CC1CC=CCC1COc1ccc(C(F)(F)F)c(C#N)c1. The highest BCUT2D eigenvalue weighted by Gasteiger charge is 2.33. The number of benzene rings is 1. The van der Waals surface area contributed by atoms with E-state index in [2.05, 4.69) is 19.1 Å². The monoisotopic (exact) mass is 295 g/mol. The quantitative estimate of drug-likeness (QED) is 0.766. The molecule has 0 amide bonds. The molecule has 1 aliphatic rings. The van der Waals surface area contributed by atoms with Crippen LogP contribution in [0.15, 0.2) is 30.4 Å². The summed E-state index contributed by atoms with van der Waals surface area (Å²) >= 11 is 0. The number of hydrogen-bond acceptors (Lipinski definition) is 2. The van der Waals surface area contributed by atoms with Gasteiger partial charge in [-0.2, -0.15) is 18.4 Å². The number of allylic oxidation sites excluding steroid dienone is 2. The molecule has 1 aromatic carbocycles. The summed E-state index contributed by atoms with van der Waals surface area (Å²) in [7, 11) is 0. The summed E-state index contributed by atoms with van der Waals surface area (Å²) < 4.78 is 43.7. The van der Waals surface area contributed by atoms with E-state index >= 15 is 0 Å². The molecular formula is C16H16F3NO. The van der Waals surface area contributed by atoms with Gasteiger partial charge < -0.3 is 4.74 Å². The summed E-state index contributed by atoms with van der Waals surface area (Å²) in [6.45, 7) is 2.58. The van der Waals surface area contributed by atoms with Crippen LogP contribution in [0.25, 0.3) is 0 Å². The molecule has 1 aromatic rings. The standard InChI is InChI=1S/C16H16F3NO/c1-11-4-2-3-5-12(11)10-21-14-6-7-15(16(17,18)19)13(8-14)9-20/h2-3,6-8,11-12H,4-5,10H2,1H3. The van der Waals surface area contributed by atoms with Gasteiger partial charge in [-0.3, -0.25) is 0 Å². The van der Waals surface area contributed by atoms with Crippen LogP contribution in [-0.4, -0.2) is 6.61 Å². The van der Waals surface area contributed by atoms with Gasteiger partial charge in [-0.05, 0) is 42.9 Å². The third kappa shape index (κ3) is 3.78. The van der Waals surface area contributed by atoms with Crippen molar-refractivity contribution in [2.75, 3.05) is 6.61 Å². The van der Waals surface area contributed by atoms with E-state index in [0.717, 1.165) is 25.0 Å². The molecule has 2 nitrogen and oxygen atoms in total. The third-order valence-corrected chi connectivity index (χ3v) is 3.80. The average molecular weight is 295 g/mol. The molecule has 21 heavy (non-hydrogen) atoms.